The lowest BCUT2D eigenvalue weighted by Gasteiger charge is -2.63. The zero-order valence-electron chi connectivity index (χ0n) is 22.3. The van der Waals surface area contributed by atoms with Gasteiger partial charge in [0.1, 0.15) is 6.04 Å². The summed E-state index contributed by atoms with van der Waals surface area (Å²) in [6.45, 7) is 7.50. The monoisotopic (exact) mass is 505 g/mol. The van der Waals surface area contributed by atoms with Crippen LogP contribution in [0.4, 0.5) is 0 Å². The summed E-state index contributed by atoms with van der Waals surface area (Å²) in [6, 6.07) is -0.665. The zero-order chi connectivity index (χ0) is 26.0. The summed E-state index contributed by atoms with van der Waals surface area (Å²) in [5.74, 6) is 0.694. The summed E-state index contributed by atoms with van der Waals surface area (Å²) >= 11 is 0. The van der Waals surface area contributed by atoms with Gasteiger partial charge in [0.05, 0.1) is 18.3 Å². The Morgan fingerprint density at radius 2 is 1.61 bits per heavy atom. The molecule has 1 saturated heterocycles. The molecule has 5 rings (SSSR count). The van der Waals surface area contributed by atoms with Crippen LogP contribution in [0.15, 0.2) is 0 Å². The molecular formula is C29H47NO6. The number of hydrogen-bond acceptors (Lipinski definition) is 5. The summed E-state index contributed by atoms with van der Waals surface area (Å²) in [5, 5.41) is 42.4. The number of amides is 1. The number of carbonyl (C=O) groups excluding carboxylic acids is 1. The number of fused-ring (bicyclic) bond motifs is 5. The molecule has 5 aliphatic rings. The number of aliphatic carboxylic acids is 1. The molecular weight excluding hydrogens is 458 g/mol. The highest BCUT2D eigenvalue weighted by molar-refractivity contribution is 5.84. The summed E-state index contributed by atoms with van der Waals surface area (Å²) < 4.78 is 0. The van der Waals surface area contributed by atoms with Crippen LogP contribution in [-0.2, 0) is 9.59 Å². The standard InChI is InChI=1S/C29H47NO6/c1-16(6-9-23(32)30-14-4-5-22(30)27(35)36)18-7-8-19-24-20(11-13-28(18,19)2)29(3)12-10-17(31)15-21(29)25(33)26(24)34/h16-22,24-26,31,33-34H,4-15H2,1-3H3,(H,35,36)/t16-,17-,18-,19+,20+,21-,22+,24+,25-,26+,28-,29-/m1/s1. The van der Waals surface area contributed by atoms with Crippen LogP contribution in [0.2, 0.25) is 0 Å². The number of aliphatic hydroxyl groups is 3. The molecule has 7 heteroatoms. The van der Waals surface area contributed by atoms with Gasteiger partial charge in [-0.3, -0.25) is 4.79 Å². The first-order chi connectivity index (χ1) is 17.0. The van der Waals surface area contributed by atoms with Crippen LogP contribution in [0.1, 0.15) is 91.4 Å². The van der Waals surface area contributed by atoms with Crippen molar-refractivity contribution >= 4 is 11.9 Å². The van der Waals surface area contributed by atoms with Gasteiger partial charge < -0.3 is 25.3 Å². The molecule has 0 bridgehead atoms. The minimum Gasteiger partial charge on any atom is -0.480 e. The minimum atomic E-state index is -0.895. The molecule has 0 aromatic carbocycles. The molecule has 204 valence electrons. The van der Waals surface area contributed by atoms with Gasteiger partial charge in [0, 0.05) is 13.0 Å². The smallest absolute Gasteiger partial charge is 0.326 e. The van der Waals surface area contributed by atoms with Gasteiger partial charge in [0.2, 0.25) is 5.91 Å². The Morgan fingerprint density at radius 1 is 0.917 bits per heavy atom. The van der Waals surface area contributed by atoms with Crippen LogP contribution in [-0.4, -0.2) is 68.1 Å². The van der Waals surface area contributed by atoms with E-state index in [-0.39, 0.29) is 34.7 Å². The van der Waals surface area contributed by atoms with Crippen molar-refractivity contribution in [1.29, 1.82) is 0 Å². The molecule has 0 unspecified atom stereocenters. The lowest BCUT2D eigenvalue weighted by Crippen LogP contribution is -2.64. The van der Waals surface area contributed by atoms with E-state index < -0.39 is 24.2 Å². The van der Waals surface area contributed by atoms with Crippen molar-refractivity contribution in [2.75, 3.05) is 6.54 Å². The van der Waals surface area contributed by atoms with E-state index in [1.807, 2.05) is 0 Å². The molecule has 4 aliphatic carbocycles. The van der Waals surface area contributed by atoms with E-state index in [1.54, 1.807) is 4.90 Å². The van der Waals surface area contributed by atoms with E-state index in [1.165, 1.54) is 0 Å². The van der Waals surface area contributed by atoms with Crippen LogP contribution < -0.4 is 0 Å². The Balaban J connectivity index is 1.28. The first-order valence-corrected chi connectivity index (χ1v) is 14.6. The summed E-state index contributed by atoms with van der Waals surface area (Å²) in [7, 11) is 0. The minimum absolute atomic E-state index is 0.0283. The van der Waals surface area contributed by atoms with E-state index in [2.05, 4.69) is 20.8 Å². The number of likely N-dealkylation sites (tertiary alicyclic amines) is 1. The molecule has 0 radical (unpaired) electrons. The average molecular weight is 506 g/mol. The maximum atomic E-state index is 12.9. The molecule has 1 heterocycles. The predicted octanol–water partition coefficient (Wildman–Crippen LogP) is 3.44. The molecule has 5 fully saturated rings. The molecule has 1 aliphatic heterocycles. The van der Waals surface area contributed by atoms with Gasteiger partial charge in [-0.2, -0.15) is 0 Å². The number of aliphatic hydroxyl groups excluding tert-OH is 3. The Labute approximate surface area is 215 Å². The van der Waals surface area contributed by atoms with Gasteiger partial charge in [-0.25, -0.2) is 4.79 Å². The van der Waals surface area contributed by atoms with Gasteiger partial charge >= 0.3 is 5.97 Å². The fraction of sp³-hybridized carbons (Fsp3) is 0.931. The number of carboxylic acid groups (broad SMARTS) is 1. The zero-order valence-corrected chi connectivity index (χ0v) is 22.3. The molecule has 0 aromatic heterocycles. The quantitative estimate of drug-likeness (QED) is 0.455. The van der Waals surface area contributed by atoms with Crippen molar-refractivity contribution in [3.05, 3.63) is 0 Å². The molecule has 12 atom stereocenters. The first kappa shape index (κ1) is 26.4. The maximum absolute atomic E-state index is 12.9. The number of carboxylic acids is 1. The lowest BCUT2D eigenvalue weighted by atomic mass is 9.43. The predicted molar refractivity (Wildman–Crippen MR) is 135 cm³/mol. The summed E-state index contributed by atoms with van der Waals surface area (Å²) in [4.78, 5) is 26.0. The van der Waals surface area contributed by atoms with Crippen molar-refractivity contribution in [2.45, 2.75) is 116 Å². The second kappa shape index (κ2) is 9.53. The van der Waals surface area contributed by atoms with E-state index in [0.29, 0.717) is 49.5 Å². The van der Waals surface area contributed by atoms with Crippen molar-refractivity contribution in [2.24, 2.45) is 46.3 Å². The molecule has 4 N–H and O–H groups in total. The second-order valence-electron chi connectivity index (χ2n) is 13.6. The number of nitrogens with zero attached hydrogens (tertiary/aromatic N) is 1. The fourth-order valence-corrected chi connectivity index (χ4v) is 10.2. The van der Waals surface area contributed by atoms with Crippen LogP contribution in [0.25, 0.3) is 0 Å². The molecule has 0 aromatic rings. The number of hydrogen-bond donors (Lipinski definition) is 4. The topological polar surface area (TPSA) is 118 Å². The first-order valence-electron chi connectivity index (χ1n) is 14.6. The number of carbonyl (C=O) groups is 2. The van der Waals surface area contributed by atoms with Crippen molar-refractivity contribution < 1.29 is 30.0 Å². The molecule has 36 heavy (non-hydrogen) atoms. The molecule has 4 saturated carbocycles. The van der Waals surface area contributed by atoms with E-state index in [4.69, 9.17) is 0 Å². The van der Waals surface area contributed by atoms with Crippen LogP contribution in [0.3, 0.4) is 0 Å². The van der Waals surface area contributed by atoms with Crippen molar-refractivity contribution in [3.63, 3.8) is 0 Å². The third-order valence-corrected chi connectivity index (χ3v) is 12.2. The van der Waals surface area contributed by atoms with Crippen molar-refractivity contribution in [1.82, 2.24) is 4.90 Å². The highest BCUT2D eigenvalue weighted by atomic mass is 16.4. The van der Waals surface area contributed by atoms with E-state index in [0.717, 1.165) is 51.4 Å². The van der Waals surface area contributed by atoms with Gasteiger partial charge in [0.25, 0.3) is 0 Å². The summed E-state index contributed by atoms with van der Waals surface area (Å²) in [6.07, 6.45) is 7.21. The second-order valence-corrected chi connectivity index (χ2v) is 13.6. The number of rotatable bonds is 5. The molecule has 1 amide bonds. The maximum Gasteiger partial charge on any atom is 0.326 e. The Bertz CT molecular complexity index is 865. The Kier molecular flexibility index (Phi) is 7.00. The third-order valence-electron chi connectivity index (χ3n) is 12.2. The summed E-state index contributed by atoms with van der Waals surface area (Å²) in [5.41, 5.74) is 0.0509. The van der Waals surface area contributed by atoms with Gasteiger partial charge in [-0.1, -0.05) is 20.8 Å². The molecule has 7 nitrogen and oxygen atoms in total. The Hall–Kier alpha value is -1.18. The van der Waals surface area contributed by atoms with Crippen LogP contribution in [0, 0.1) is 46.3 Å². The molecule has 0 spiro atoms. The third kappa shape index (κ3) is 4.03. The van der Waals surface area contributed by atoms with Crippen molar-refractivity contribution in [3.8, 4) is 0 Å². The van der Waals surface area contributed by atoms with Crippen LogP contribution >= 0.6 is 0 Å². The lowest BCUT2D eigenvalue weighted by molar-refractivity contribution is -0.223. The largest absolute Gasteiger partial charge is 0.480 e. The van der Waals surface area contributed by atoms with Gasteiger partial charge in [-0.15, -0.1) is 0 Å². The van der Waals surface area contributed by atoms with Gasteiger partial charge in [0.15, 0.2) is 0 Å². The Morgan fingerprint density at radius 3 is 2.33 bits per heavy atom. The SMILES string of the molecule is C[C@H](CCC(=O)N1CCC[C@H]1C(=O)O)[C@H]1CC[C@H]2[C@@H]3[C@H](O)[C@H](O)[C@H]4C[C@H](O)CC[C@]4(C)[C@H]3CC[C@]12C. The van der Waals surface area contributed by atoms with Crippen LogP contribution in [0.5, 0.6) is 0 Å². The van der Waals surface area contributed by atoms with E-state index >= 15 is 0 Å². The highest BCUT2D eigenvalue weighted by Gasteiger charge is 2.65. The fourth-order valence-electron chi connectivity index (χ4n) is 10.2. The average Bonchev–Trinajstić information content (AvgIpc) is 3.46. The highest BCUT2D eigenvalue weighted by Crippen LogP contribution is 2.68. The normalized spacial score (nSPS) is 49.2. The van der Waals surface area contributed by atoms with Gasteiger partial charge in [-0.05, 0) is 111 Å². The van der Waals surface area contributed by atoms with E-state index in [9.17, 15) is 30.0 Å².